The predicted octanol–water partition coefficient (Wildman–Crippen LogP) is 3.78. The average molecular weight is 475 g/mol. The lowest BCUT2D eigenvalue weighted by Crippen LogP contribution is -2.49. The van der Waals surface area contributed by atoms with Gasteiger partial charge in [0.2, 0.25) is 5.88 Å². The molecule has 1 N–H and O–H groups in total. The third kappa shape index (κ3) is 4.95. The van der Waals surface area contributed by atoms with Crippen LogP contribution in [0.4, 0.5) is 5.69 Å². The van der Waals surface area contributed by atoms with Crippen molar-refractivity contribution >= 4 is 45.5 Å². The number of methoxy groups -OCH3 is 2. The Kier molecular flexibility index (Phi) is 7.09. The Morgan fingerprint density at radius 2 is 2.03 bits per heavy atom. The lowest BCUT2D eigenvalue weighted by molar-refractivity contribution is -0.0285. The number of ether oxygens (including phenoxy) is 4. The van der Waals surface area contributed by atoms with Crippen LogP contribution in [0, 0.1) is 0 Å². The first-order chi connectivity index (χ1) is 15.6. The number of aromatic nitrogens is 2. The number of nitrogens with one attached hydrogen (secondary N) is 1. The Labute approximate surface area is 196 Å². The summed E-state index contributed by atoms with van der Waals surface area (Å²) in [5.74, 6) is 1.64. The zero-order valence-electron chi connectivity index (χ0n) is 17.7. The van der Waals surface area contributed by atoms with Gasteiger partial charge in [-0.2, -0.15) is 0 Å². The van der Waals surface area contributed by atoms with Gasteiger partial charge in [-0.25, -0.2) is 9.97 Å². The molecular formula is C22H23ClN4O4S. The van der Waals surface area contributed by atoms with Crippen molar-refractivity contribution in [1.29, 1.82) is 0 Å². The molecule has 1 fully saturated rings. The standard InChI is InChI=1S/C22H23ClN4O4S/c1-28-19-10-18(20(29-2)9-16(19)23)26-22(32)27-7-8-30-14(11-27)12-31-21-15-5-3-4-6-17(15)24-13-25-21/h3-6,9-10,13-14H,7-8,11-12H2,1-2H3,(H,26,32). The molecule has 1 atom stereocenters. The van der Waals surface area contributed by atoms with Crippen LogP contribution in [0.25, 0.3) is 10.9 Å². The number of fused-ring (bicyclic) bond motifs is 1. The fraction of sp³-hybridized carbons (Fsp3) is 0.318. The minimum atomic E-state index is -0.168. The molecule has 2 aromatic carbocycles. The number of nitrogens with zero attached hydrogens (tertiary/aromatic N) is 3. The van der Waals surface area contributed by atoms with Gasteiger partial charge in [0.05, 0.1) is 42.4 Å². The van der Waals surface area contributed by atoms with Crippen LogP contribution in [0.1, 0.15) is 0 Å². The fourth-order valence-electron chi connectivity index (χ4n) is 3.42. The van der Waals surface area contributed by atoms with E-state index in [0.29, 0.717) is 59.5 Å². The molecule has 168 valence electrons. The van der Waals surface area contributed by atoms with E-state index in [0.717, 1.165) is 10.9 Å². The van der Waals surface area contributed by atoms with Crippen molar-refractivity contribution in [3.63, 3.8) is 0 Å². The van der Waals surface area contributed by atoms with Gasteiger partial charge < -0.3 is 29.2 Å². The van der Waals surface area contributed by atoms with Gasteiger partial charge in [0.15, 0.2) is 5.11 Å². The first kappa shape index (κ1) is 22.3. The second-order valence-corrected chi connectivity index (χ2v) is 7.86. The molecule has 10 heteroatoms. The molecule has 3 aromatic rings. The monoisotopic (exact) mass is 474 g/mol. The van der Waals surface area contributed by atoms with Gasteiger partial charge in [-0.1, -0.05) is 23.7 Å². The summed E-state index contributed by atoms with van der Waals surface area (Å²) in [5, 5.41) is 5.10. The quantitative estimate of drug-likeness (QED) is 0.537. The van der Waals surface area contributed by atoms with Crippen LogP contribution in [0.15, 0.2) is 42.7 Å². The molecule has 1 saturated heterocycles. The number of rotatable bonds is 6. The number of halogens is 1. The maximum atomic E-state index is 6.19. The normalized spacial score (nSPS) is 16.0. The van der Waals surface area contributed by atoms with E-state index in [1.165, 1.54) is 6.33 Å². The summed E-state index contributed by atoms with van der Waals surface area (Å²) in [6, 6.07) is 11.2. The molecule has 1 aliphatic rings. The Bertz CT molecular complexity index is 1110. The summed E-state index contributed by atoms with van der Waals surface area (Å²) in [6.07, 6.45) is 1.33. The maximum Gasteiger partial charge on any atom is 0.224 e. The van der Waals surface area contributed by atoms with E-state index in [1.807, 2.05) is 29.2 Å². The average Bonchev–Trinajstić information content (AvgIpc) is 2.83. The minimum absolute atomic E-state index is 0.168. The van der Waals surface area contributed by atoms with Crippen molar-refractivity contribution in [3.05, 3.63) is 47.7 Å². The van der Waals surface area contributed by atoms with Crippen molar-refractivity contribution in [2.45, 2.75) is 6.10 Å². The molecule has 32 heavy (non-hydrogen) atoms. The Morgan fingerprint density at radius 1 is 1.22 bits per heavy atom. The predicted molar refractivity (Wildman–Crippen MR) is 127 cm³/mol. The van der Waals surface area contributed by atoms with E-state index in [2.05, 4.69) is 15.3 Å². The summed E-state index contributed by atoms with van der Waals surface area (Å²) < 4.78 is 22.6. The summed E-state index contributed by atoms with van der Waals surface area (Å²) >= 11 is 11.8. The summed E-state index contributed by atoms with van der Waals surface area (Å²) in [7, 11) is 3.13. The van der Waals surface area contributed by atoms with Crippen molar-refractivity contribution < 1.29 is 18.9 Å². The van der Waals surface area contributed by atoms with E-state index >= 15 is 0 Å². The highest BCUT2D eigenvalue weighted by Crippen LogP contribution is 2.36. The van der Waals surface area contributed by atoms with E-state index in [1.54, 1.807) is 26.4 Å². The lowest BCUT2D eigenvalue weighted by atomic mass is 10.2. The molecule has 2 heterocycles. The molecule has 0 amide bonds. The highest BCUT2D eigenvalue weighted by molar-refractivity contribution is 7.80. The number of benzene rings is 2. The topological polar surface area (TPSA) is 78.0 Å². The van der Waals surface area contributed by atoms with Crippen LogP contribution in [0.5, 0.6) is 17.4 Å². The Balaban J connectivity index is 1.40. The largest absolute Gasteiger partial charge is 0.495 e. The molecule has 0 spiro atoms. The van der Waals surface area contributed by atoms with E-state index in [4.69, 9.17) is 42.8 Å². The highest BCUT2D eigenvalue weighted by Gasteiger charge is 2.24. The molecule has 1 aromatic heterocycles. The number of para-hydroxylation sites is 1. The number of morpholine rings is 1. The Morgan fingerprint density at radius 3 is 2.84 bits per heavy atom. The van der Waals surface area contributed by atoms with Crippen LogP contribution >= 0.6 is 23.8 Å². The lowest BCUT2D eigenvalue weighted by Gasteiger charge is -2.34. The molecule has 0 bridgehead atoms. The number of hydrogen-bond acceptors (Lipinski definition) is 7. The van der Waals surface area contributed by atoms with E-state index < -0.39 is 0 Å². The molecule has 1 aliphatic heterocycles. The van der Waals surface area contributed by atoms with Gasteiger partial charge in [-0.05, 0) is 24.4 Å². The number of anilines is 1. The van der Waals surface area contributed by atoms with Crippen LogP contribution in [0.3, 0.4) is 0 Å². The molecule has 0 aliphatic carbocycles. The summed E-state index contributed by atoms with van der Waals surface area (Å²) in [5.41, 5.74) is 1.51. The van der Waals surface area contributed by atoms with Crippen LogP contribution in [-0.4, -0.2) is 66.6 Å². The second kappa shape index (κ2) is 10.2. The summed E-state index contributed by atoms with van der Waals surface area (Å²) in [6.45, 7) is 2.10. The minimum Gasteiger partial charge on any atom is -0.495 e. The van der Waals surface area contributed by atoms with Crippen LogP contribution in [0.2, 0.25) is 5.02 Å². The van der Waals surface area contributed by atoms with Crippen LogP contribution in [-0.2, 0) is 4.74 Å². The smallest absolute Gasteiger partial charge is 0.224 e. The highest BCUT2D eigenvalue weighted by atomic mass is 35.5. The number of hydrogen-bond donors (Lipinski definition) is 1. The first-order valence-electron chi connectivity index (χ1n) is 10.0. The molecule has 0 saturated carbocycles. The number of thiocarbonyl (C=S) groups is 1. The van der Waals surface area contributed by atoms with Gasteiger partial charge >= 0.3 is 0 Å². The Hall–Kier alpha value is -2.88. The first-order valence-corrected chi connectivity index (χ1v) is 10.8. The fourth-order valence-corrected chi connectivity index (χ4v) is 3.93. The van der Waals surface area contributed by atoms with E-state index in [-0.39, 0.29) is 6.10 Å². The van der Waals surface area contributed by atoms with Crippen molar-refractivity contribution in [2.24, 2.45) is 0 Å². The van der Waals surface area contributed by atoms with Gasteiger partial charge in [-0.15, -0.1) is 0 Å². The van der Waals surface area contributed by atoms with Crippen molar-refractivity contribution in [3.8, 4) is 17.4 Å². The maximum absolute atomic E-state index is 6.19. The van der Waals surface area contributed by atoms with Gasteiger partial charge in [0, 0.05) is 25.2 Å². The molecular weight excluding hydrogens is 452 g/mol. The van der Waals surface area contributed by atoms with Gasteiger partial charge in [0.1, 0.15) is 30.5 Å². The SMILES string of the molecule is COc1cc(NC(=S)N2CCOC(COc3ncnc4ccccc34)C2)c(OC)cc1Cl. The van der Waals surface area contributed by atoms with Gasteiger partial charge in [-0.3, -0.25) is 0 Å². The molecule has 1 unspecified atom stereocenters. The van der Waals surface area contributed by atoms with Gasteiger partial charge in [0.25, 0.3) is 0 Å². The third-order valence-electron chi connectivity index (χ3n) is 5.05. The second-order valence-electron chi connectivity index (χ2n) is 7.06. The van der Waals surface area contributed by atoms with Crippen molar-refractivity contribution in [2.75, 3.05) is 45.8 Å². The zero-order valence-corrected chi connectivity index (χ0v) is 19.3. The third-order valence-corrected chi connectivity index (χ3v) is 5.71. The molecule has 0 radical (unpaired) electrons. The van der Waals surface area contributed by atoms with Crippen molar-refractivity contribution in [1.82, 2.24) is 14.9 Å². The zero-order chi connectivity index (χ0) is 22.5. The molecule has 8 nitrogen and oxygen atoms in total. The summed E-state index contributed by atoms with van der Waals surface area (Å²) in [4.78, 5) is 10.6. The van der Waals surface area contributed by atoms with E-state index in [9.17, 15) is 0 Å². The van der Waals surface area contributed by atoms with Crippen LogP contribution < -0.4 is 19.5 Å². The molecule has 4 rings (SSSR count).